The average Bonchev–Trinajstić information content (AvgIpc) is 2.70. The van der Waals surface area contributed by atoms with Crippen LogP contribution in [0.3, 0.4) is 0 Å². The van der Waals surface area contributed by atoms with Gasteiger partial charge < -0.3 is 15.5 Å². The van der Waals surface area contributed by atoms with Gasteiger partial charge in [-0.3, -0.25) is 4.79 Å². The first-order valence-corrected chi connectivity index (χ1v) is 8.91. The Morgan fingerprint density at radius 1 is 1.04 bits per heavy atom. The number of carbonyl (C=O) groups excluding carboxylic acids is 1. The molecule has 0 fully saturated rings. The van der Waals surface area contributed by atoms with Crippen LogP contribution in [0.5, 0.6) is 0 Å². The van der Waals surface area contributed by atoms with E-state index in [1.165, 1.54) is 18.5 Å². The highest BCUT2D eigenvalue weighted by Gasteiger charge is 2.08. The minimum Gasteiger partial charge on any atom is -0.378 e. The number of anilines is 3. The van der Waals surface area contributed by atoms with Gasteiger partial charge in [0.1, 0.15) is 5.82 Å². The predicted molar refractivity (Wildman–Crippen MR) is 109 cm³/mol. The van der Waals surface area contributed by atoms with Crippen molar-refractivity contribution >= 4 is 23.2 Å². The predicted octanol–water partition coefficient (Wildman–Crippen LogP) is 3.40. The third-order valence-electron chi connectivity index (χ3n) is 4.19. The zero-order chi connectivity index (χ0) is 19.9. The smallest absolute Gasteiger partial charge is 0.254 e. The van der Waals surface area contributed by atoms with Crippen molar-refractivity contribution < 1.29 is 9.18 Å². The van der Waals surface area contributed by atoms with E-state index in [0.717, 1.165) is 11.4 Å². The summed E-state index contributed by atoms with van der Waals surface area (Å²) in [5.41, 5.74) is 2.86. The van der Waals surface area contributed by atoms with Gasteiger partial charge in [0.25, 0.3) is 5.91 Å². The van der Waals surface area contributed by atoms with Crippen LogP contribution in [-0.2, 0) is 6.42 Å². The summed E-state index contributed by atoms with van der Waals surface area (Å²) in [5.74, 6) is -0.159. The molecule has 0 bridgehead atoms. The fraction of sp³-hybridized carbons (Fsp3) is 0.190. The van der Waals surface area contributed by atoms with Gasteiger partial charge in [0.15, 0.2) is 0 Å². The van der Waals surface area contributed by atoms with Crippen molar-refractivity contribution in [3.8, 4) is 0 Å². The largest absolute Gasteiger partial charge is 0.378 e. The minimum atomic E-state index is -0.293. The van der Waals surface area contributed by atoms with Gasteiger partial charge in [-0.2, -0.15) is 0 Å². The van der Waals surface area contributed by atoms with Crippen LogP contribution in [0.15, 0.2) is 60.9 Å². The van der Waals surface area contributed by atoms with E-state index >= 15 is 0 Å². The van der Waals surface area contributed by atoms with Crippen LogP contribution in [0.25, 0.3) is 0 Å². The standard InChI is InChI=1S/C21H22FN5O/c1-27(2)18-9-7-17(8-10-18)26-21-24-13-16(14-25-21)20(28)23-12-11-15-5-3-4-6-19(15)22/h3-10,13-14H,11-12H2,1-2H3,(H,23,28)(H,24,25,26). The summed E-state index contributed by atoms with van der Waals surface area (Å²) in [6, 6.07) is 14.4. The molecule has 1 heterocycles. The molecule has 144 valence electrons. The van der Waals surface area contributed by atoms with Gasteiger partial charge in [-0.1, -0.05) is 18.2 Å². The van der Waals surface area contributed by atoms with E-state index in [4.69, 9.17) is 0 Å². The highest BCUT2D eigenvalue weighted by molar-refractivity contribution is 5.93. The third-order valence-corrected chi connectivity index (χ3v) is 4.19. The van der Waals surface area contributed by atoms with Crippen molar-refractivity contribution in [1.82, 2.24) is 15.3 Å². The summed E-state index contributed by atoms with van der Waals surface area (Å²) in [6.07, 6.45) is 3.34. The molecule has 0 unspecified atom stereocenters. The number of hydrogen-bond acceptors (Lipinski definition) is 5. The summed E-state index contributed by atoms with van der Waals surface area (Å²) < 4.78 is 13.6. The molecule has 0 aliphatic carbocycles. The zero-order valence-electron chi connectivity index (χ0n) is 15.8. The van der Waals surface area contributed by atoms with Gasteiger partial charge in [-0.15, -0.1) is 0 Å². The van der Waals surface area contributed by atoms with Gasteiger partial charge in [-0.25, -0.2) is 14.4 Å². The molecule has 0 saturated heterocycles. The number of nitrogens with zero attached hydrogens (tertiary/aromatic N) is 3. The molecule has 2 aromatic carbocycles. The van der Waals surface area contributed by atoms with Crippen LogP contribution in [0.2, 0.25) is 0 Å². The van der Waals surface area contributed by atoms with E-state index in [9.17, 15) is 9.18 Å². The second-order valence-corrected chi connectivity index (χ2v) is 6.46. The van der Waals surface area contributed by atoms with Crippen molar-refractivity contribution in [1.29, 1.82) is 0 Å². The second kappa shape index (κ2) is 8.94. The molecule has 3 rings (SSSR count). The lowest BCUT2D eigenvalue weighted by Gasteiger charge is -2.13. The van der Waals surface area contributed by atoms with Crippen LogP contribution < -0.4 is 15.5 Å². The highest BCUT2D eigenvalue weighted by atomic mass is 19.1. The molecule has 3 aromatic rings. The summed E-state index contributed by atoms with van der Waals surface area (Å²) in [6.45, 7) is 0.331. The Morgan fingerprint density at radius 3 is 2.36 bits per heavy atom. The summed E-state index contributed by atoms with van der Waals surface area (Å²) in [4.78, 5) is 22.6. The van der Waals surface area contributed by atoms with Crippen molar-refractivity contribution in [3.05, 3.63) is 77.9 Å². The Labute approximate surface area is 163 Å². The summed E-state index contributed by atoms with van der Waals surface area (Å²) in [5, 5.41) is 5.84. The normalized spacial score (nSPS) is 10.4. The molecular weight excluding hydrogens is 357 g/mol. The molecular formula is C21H22FN5O. The third kappa shape index (κ3) is 5.03. The van der Waals surface area contributed by atoms with E-state index in [1.54, 1.807) is 18.2 Å². The SMILES string of the molecule is CN(C)c1ccc(Nc2ncc(C(=O)NCCc3ccccc3F)cn2)cc1. The lowest BCUT2D eigenvalue weighted by atomic mass is 10.1. The van der Waals surface area contributed by atoms with Crippen LogP contribution in [0.4, 0.5) is 21.7 Å². The molecule has 7 heteroatoms. The van der Waals surface area contributed by atoms with Crippen LogP contribution in [-0.4, -0.2) is 36.5 Å². The molecule has 28 heavy (non-hydrogen) atoms. The topological polar surface area (TPSA) is 70.2 Å². The molecule has 6 nitrogen and oxygen atoms in total. The molecule has 0 aliphatic heterocycles. The van der Waals surface area contributed by atoms with E-state index < -0.39 is 0 Å². The van der Waals surface area contributed by atoms with Crippen LogP contribution in [0.1, 0.15) is 15.9 Å². The van der Waals surface area contributed by atoms with E-state index in [0.29, 0.717) is 30.0 Å². The maximum Gasteiger partial charge on any atom is 0.254 e. The number of carbonyl (C=O) groups is 1. The molecule has 2 N–H and O–H groups in total. The fourth-order valence-electron chi connectivity index (χ4n) is 2.60. The highest BCUT2D eigenvalue weighted by Crippen LogP contribution is 2.18. The fourth-order valence-corrected chi connectivity index (χ4v) is 2.60. The first kappa shape index (κ1) is 19.3. The number of rotatable bonds is 7. The maximum atomic E-state index is 13.6. The summed E-state index contributed by atoms with van der Waals surface area (Å²) in [7, 11) is 3.96. The average molecular weight is 379 g/mol. The molecule has 1 amide bonds. The van der Waals surface area contributed by atoms with E-state index in [-0.39, 0.29) is 11.7 Å². The first-order chi connectivity index (χ1) is 13.5. The van der Waals surface area contributed by atoms with Gasteiger partial charge >= 0.3 is 0 Å². The molecule has 0 radical (unpaired) electrons. The maximum absolute atomic E-state index is 13.6. The monoisotopic (exact) mass is 379 g/mol. The number of hydrogen-bond donors (Lipinski definition) is 2. The molecule has 0 spiro atoms. The van der Waals surface area contributed by atoms with Crippen molar-refractivity contribution in [2.75, 3.05) is 30.9 Å². The number of benzene rings is 2. The summed E-state index contributed by atoms with van der Waals surface area (Å²) >= 11 is 0. The second-order valence-electron chi connectivity index (χ2n) is 6.46. The Balaban J connectivity index is 1.53. The minimum absolute atomic E-state index is 0.269. The quantitative estimate of drug-likeness (QED) is 0.658. The number of aromatic nitrogens is 2. The van der Waals surface area contributed by atoms with E-state index in [2.05, 4.69) is 20.6 Å². The molecule has 0 aliphatic rings. The van der Waals surface area contributed by atoms with Gasteiger partial charge in [0.05, 0.1) is 5.56 Å². The molecule has 1 aromatic heterocycles. The Hall–Kier alpha value is -3.48. The number of halogens is 1. The lowest BCUT2D eigenvalue weighted by molar-refractivity contribution is 0.0953. The van der Waals surface area contributed by atoms with Gasteiger partial charge in [0.2, 0.25) is 5.95 Å². The van der Waals surface area contributed by atoms with Gasteiger partial charge in [0, 0.05) is 44.4 Å². The number of amides is 1. The van der Waals surface area contributed by atoms with Crippen molar-refractivity contribution in [3.63, 3.8) is 0 Å². The first-order valence-electron chi connectivity index (χ1n) is 8.91. The van der Waals surface area contributed by atoms with Crippen LogP contribution in [0, 0.1) is 5.82 Å². The lowest BCUT2D eigenvalue weighted by Crippen LogP contribution is -2.26. The zero-order valence-corrected chi connectivity index (χ0v) is 15.8. The van der Waals surface area contributed by atoms with Crippen molar-refractivity contribution in [2.45, 2.75) is 6.42 Å². The Bertz CT molecular complexity index is 926. The Kier molecular flexibility index (Phi) is 6.16. The number of nitrogens with one attached hydrogen (secondary N) is 2. The Morgan fingerprint density at radius 2 is 1.71 bits per heavy atom. The van der Waals surface area contributed by atoms with Crippen molar-refractivity contribution in [2.24, 2.45) is 0 Å². The van der Waals surface area contributed by atoms with Crippen LogP contribution >= 0.6 is 0 Å². The molecule has 0 saturated carbocycles. The van der Waals surface area contributed by atoms with Gasteiger partial charge in [-0.05, 0) is 42.3 Å². The molecule has 0 atom stereocenters. The van der Waals surface area contributed by atoms with E-state index in [1.807, 2.05) is 43.3 Å².